The number of aliphatic imine (C=N–C) groups is 1. The summed E-state index contributed by atoms with van der Waals surface area (Å²) in [6, 6.07) is 22.8. The second-order valence-electron chi connectivity index (χ2n) is 10.7. The van der Waals surface area contributed by atoms with Crippen molar-refractivity contribution in [3.63, 3.8) is 0 Å². The SMILES string of the molecule is Nc1cc(Cc2ccc(O)cc2)c(Nc2ccc(O)cc2)[nH]c1=O.Nc1cc(N=C2C=CC(O)C=C2)c(Nc2ccc(O)cc2)[nH]c1=O. The average molecular weight is 648 g/mol. The number of nitrogen functional groups attached to an aromatic ring is 2. The first-order valence-electron chi connectivity index (χ1n) is 14.6. The van der Waals surface area contributed by atoms with Crippen LogP contribution < -0.4 is 33.2 Å². The van der Waals surface area contributed by atoms with E-state index in [9.17, 15) is 30.0 Å². The van der Waals surface area contributed by atoms with Gasteiger partial charge in [-0.3, -0.25) is 9.59 Å². The van der Waals surface area contributed by atoms with Gasteiger partial charge in [-0.1, -0.05) is 24.3 Å². The predicted octanol–water partition coefficient (Wildman–Crippen LogP) is 4.67. The van der Waals surface area contributed by atoms with Crippen molar-refractivity contribution in [2.24, 2.45) is 4.99 Å². The summed E-state index contributed by atoms with van der Waals surface area (Å²) in [7, 11) is 0. The van der Waals surface area contributed by atoms with Crippen LogP contribution in [0.1, 0.15) is 11.1 Å². The number of allylic oxidation sites excluding steroid dienone is 2. The standard InChI is InChI=1S/C18H17N3O3.C17H16N4O3/c19-16-10-12(9-11-1-5-14(22)6-2-11)17(21-18(16)24)20-13-3-7-15(23)8-4-13;18-14-9-15(19-10-1-5-12(22)6-2-10)16(21-17(14)24)20-11-3-7-13(23)8-4-11/h1-8,10,22-23H,9,19H2,(H2,20,21,24);1-9,12,22-23H,18H2,(H2,20,21,24). The number of anilines is 6. The normalized spacial score (nSPS) is 13.4. The molecule has 0 saturated heterocycles. The molecule has 0 radical (unpaired) electrons. The number of hydrogen-bond donors (Lipinski definition) is 10. The Morgan fingerprint density at radius 1 is 0.667 bits per heavy atom. The van der Waals surface area contributed by atoms with Gasteiger partial charge in [0.05, 0.1) is 23.2 Å². The molecular weight excluding hydrogens is 614 g/mol. The molecule has 1 aliphatic rings. The largest absolute Gasteiger partial charge is 0.508 e. The molecule has 244 valence electrons. The van der Waals surface area contributed by atoms with Crippen molar-refractivity contribution in [1.82, 2.24) is 9.97 Å². The van der Waals surface area contributed by atoms with Crippen LogP contribution in [0.15, 0.2) is 124 Å². The van der Waals surface area contributed by atoms with Crippen molar-refractivity contribution in [1.29, 1.82) is 0 Å². The highest BCUT2D eigenvalue weighted by atomic mass is 16.3. The van der Waals surface area contributed by atoms with Gasteiger partial charge >= 0.3 is 0 Å². The molecular formula is C35H33N7O6. The smallest absolute Gasteiger partial charge is 0.272 e. The van der Waals surface area contributed by atoms with E-state index in [4.69, 9.17) is 11.5 Å². The van der Waals surface area contributed by atoms with E-state index in [0.717, 1.165) is 16.8 Å². The number of H-pyrrole nitrogens is 2. The van der Waals surface area contributed by atoms with Crippen molar-refractivity contribution in [3.8, 4) is 17.2 Å². The molecule has 2 aromatic heterocycles. The van der Waals surface area contributed by atoms with Crippen molar-refractivity contribution in [3.05, 3.63) is 141 Å². The van der Waals surface area contributed by atoms with Gasteiger partial charge < -0.3 is 52.5 Å². The molecule has 3 aromatic carbocycles. The van der Waals surface area contributed by atoms with Crippen LogP contribution in [-0.2, 0) is 6.42 Å². The summed E-state index contributed by atoms with van der Waals surface area (Å²) in [5.41, 5.74) is 15.0. The molecule has 5 aromatic rings. The molecule has 13 heteroatoms. The number of phenolic OH excluding ortho intramolecular Hbond substituents is 3. The molecule has 0 atom stereocenters. The van der Waals surface area contributed by atoms with Crippen molar-refractivity contribution in [2.45, 2.75) is 12.5 Å². The van der Waals surface area contributed by atoms with Crippen molar-refractivity contribution >= 4 is 45.8 Å². The van der Waals surface area contributed by atoms with Crippen LogP contribution in [0.4, 0.5) is 40.1 Å². The van der Waals surface area contributed by atoms with E-state index in [1.54, 1.807) is 91.0 Å². The summed E-state index contributed by atoms with van der Waals surface area (Å²) in [6.45, 7) is 0. The number of nitrogens with two attached hydrogens (primary N) is 2. The van der Waals surface area contributed by atoms with Crippen LogP contribution in [0.5, 0.6) is 17.2 Å². The Morgan fingerprint density at radius 3 is 1.67 bits per heavy atom. The van der Waals surface area contributed by atoms with Gasteiger partial charge in [-0.05, 0) is 96.1 Å². The van der Waals surface area contributed by atoms with Crippen molar-refractivity contribution < 1.29 is 20.4 Å². The number of aliphatic hydroxyl groups excluding tert-OH is 1. The van der Waals surface area contributed by atoms with E-state index in [-0.39, 0.29) is 34.2 Å². The third-order valence-corrected chi connectivity index (χ3v) is 6.98. The van der Waals surface area contributed by atoms with Crippen LogP contribution in [0.3, 0.4) is 0 Å². The topological polar surface area (TPSA) is 235 Å². The molecule has 0 spiro atoms. The number of nitrogens with one attached hydrogen (secondary N) is 4. The number of rotatable bonds is 7. The molecule has 1 aliphatic carbocycles. The van der Waals surface area contributed by atoms with Gasteiger partial charge in [-0.2, -0.15) is 0 Å². The first-order chi connectivity index (χ1) is 23.0. The number of phenols is 3. The minimum absolute atomic E-state index is 0.0504. The lowest BCUT2D eigenvalue weighted by atomic mass is 10.0. The second kappa shape index (κ2) is 14.6. The maximum Gasteiger partial charge on any atom is 0.272 e. The van der Waals surface area contributed by atoms with E-state index >= 15 is 0 Å². The number of nitrogens with zero attached hydrogens (tertiary/aromatic N) is 1. The number of aromatic hydroxyl groups is 3. The molecule has 0 fully saturated rings. The maximum absolute atomic E-state index is 11.8. The highest BCUT2D eigenvalue weighted by Crippen LogP contribution is 2.28. The minimum Gasteiger partial charge on any atom is -0.508 e. The van der Waals surface area contributed by atoms with Crippen LogP contribution in [0.25, 0.3) is 0 Å². The molecule has 2 heterocycles. The van der Waals surface area contributed by atoms with Gasteiger partial charge in [0.2, 0.25) is 0 Å². The maximum atomic E-state index is 11.8. The summed E-state index contributed by atoms with van der Waals surface area (Å²) in [5.74, 6) is 1.41. The molecule has 0 amide bonds. The Hall–Kier alpha value is -6.73. The highest BCUT2D eigenvalue weighted by molar-refractivity contribution is 6.06. The molecule has 12 N–H and O–H groups in total. The summed E-state index contributed by atoms with van der Waals surface area (Å²) in [6.07, 6.45) is 6.45. The predicted molar refractivity (Wildman–Crippen MR) is 188 cm³/mol. The summed E-state index contributed by atoms with van der Waals surface area (Å²) in [4.78, 5) is 33.5. The lowest BCUT2D eigenvalue weighted by molar-refractivity contribution is 0.271. The zero-order valence-corrected chi connectivity index (χ0v) is 25.4. The molecule has 13 nitrogen and oxygen atoms in total. The number of pyridine rings is 2. The van der Waals surface area contributed by atoms with Gasteiger partial charge in [0, 0.05) is 17.8 Å². The fraction of sp³-hybridized carbons (Fsp3) is 0.0571. The van der Waals surface area contributed by atoms with Crippen LogP contribution >= 0.6 is 0 Å². The van der Waals surface area contributed by atoms with Gasteiger partial charge in [-0.15, -0.1) is 0 Å². The highest BCUT2D eigenvalue weighted by Gasteiger charge is 2.11. The molecule has 48 heavy (non-hydrogen) atoms. The van der Waals surface area contributed by atoms with E-state index in [1.807, 2.05) is 0 Å². The van der Waals surface area contributed by atoms with Crippen molar-refractivity contribution in [2.75, 3.05) is 22.1 Å². The van der Waals surface area contributed by atoms with Gasteiger partial charge in [0.15, 0.2) is 0 Å². The molecule has 0 aliphatic heterocycles. The second-order valence-corrected chi connectivity index (χ2v) is 10.7. The van der Waals surface area contributed by atoms with Gasteiger partial charge in [0.1, 0.15) is 34.6 Å². The van der Waals surface area contributed by atoms with Crippen LogP contribution in [0.2, 0.25) is 0 Å². The molecule has 6 rings (SSSR count). The number of aromatic nitrogens is 2. The molecule has 0 unspecified atom stereocenters. The number of aliphatic hydroxyl groups is 1. The van der Waals surface area contributed by atoms with E-state index < -0.39 is 11.7 Å². The van der Waals surface area contributed by atoms with E-state index in [1.165, 1.54) is 18.2 Å². The van der Waals surface area contributed by atoms with Crippen LogP contribution in [-0.4, -0.2) is 42.2 Å². The quantitative estimate of drug-likeness (QED) is 0.110. The third-order valence-electron chi connectivity index (χ3n) is 6.98. The first kappa shape index (κ1) is 32.7. The number of aromatic amines is 2. The minimum atomic E-state index is -0.626. The zero-order chi connectivity index (χ0) is 34.2. The Labute approximate surface area is 273 Å². The zero-order valence-electron chi connectivity index (χ0n) is 25.4. The monoisotopic (exact) mass is 647 g/mol. The van der Waals surface area contributed by atoms with E-state index in [0.29, 0.717) is 35.1 Å². The fourth-order valence-corrected chi connectivity index (χ4v) is 4.50. The fourth-order valence-electron chi connectivity index (χ4n) is 4.50. The molecule has 0 bridgehead atoms. The lowest BCUT2D eigenvalue weighted by Crippen LogP contribution is -2.15. The van der Waals surface area contributed by atoms with E-state index in [2.05, 4.69) is 25.6 Å². The summed E-state index contributed by atoms with van der Waals surface area (Å²) in [5, 5.41) is 43.6. The number of benzene rings is 3. The first-order valence-corrected chi connectivity index (χ1v) is 14.6. The molecule has 0 saturated carbocycles. The third kappa shape index (κ3) is 8.71. The summed E-state index contributed by atoms with van der Waals surface area (Å²) < 4.78 is 0. The average Bonchev–Trinajstić information content (AvgIpc) is 3.06. The Balaban J connectivity index is 0.000000188. The van der Waals surface area contributed by atoms with Crippen LogP contribution in [0, 0.1) is 0 Å². The lowest BCUT2D eigenvalue weighted by Gasteiger charge is -2.13. The Morgan fingerprint density at radius 2 is 1.12 bits per heavy atom. The van der Waals surface area contributed by atoms with Gasteiger partial charge in [0.25, 0.3) is 11.1 Å². The Bertz CT molecular complexity index is 2080. The Kier molecular flexibility index (Phi) is 9.92. The number of hydrogen-bond acceptors (Lipinski definition) is 11. The van der Waals surface area contributed by atoms with Gasteiger partial charge in [-0.25, -0.2) is 4.99 Å². The summed E-state index contributed by atoms with van der Waals surface area (Å²) >= 11 is 0.